The van der Waals surface area contributed by atoms with Gasteiger partial charge in [-0.2, -0.15) is 0 Å². The van der Waals surface area contributed by atoms with Gasteiger partial charge < -0.3 is 10.4 Å². The van der Waals surface area contributed by atoms with Crippen LogP contribution in [0.3, 0.4) is 0 Å². The molecule has 0 spiro atoms. The molecule has 3 atom stereocenters. The van der Waals surface area contributed by atoms with Crippen LogP contribution in [-0.2, 0) is 4.79 Å². The van der Waals surface area contributed by atoms with E-state index in [1.54, 1.807) is 0 Å². The molecule has 3 nitrogen and oxygen atoms in total. The summed E-state index contributed by atoms with van der Waals surface area (Å²) in [5, 5.41) is 12.1. The average molecular weight is 183 g/mol. The Morgan fingerprint density at radius 3 is 2.69 bits per heavy atom. The number of carbonyl (C=O) groups is 1. The van der Waals surface area contributed by atoms with Crippen LogP contribution in [0.2, 0.25) is 0 Å². The fourth-order valence-electron chi connectivity index (χ4n) is 2.69. The summed E-state index contributed by atoms with van der Waals surface area (Å²) < 4.78 is 0. The lowest BCUT2D eigenvalue weighted by Crippen LogP contribution is -2.51. The maximum Gasteiger partial charge on any atom is 0.320 e. The maximum atomic E-state index is 10.8. The van der Waals surface area contributed by atoms with Crippen molar-refractivity contribution < 1.29 is 9.90 Å². The second-order valence-electron chi connectivity index (χ2n) is 4.29. The number of carboxylic acid groups (broad SMARTS) is 1. The lowest BCUT2D eigenvalue weighted by Gasteiger charge is -2.39. The predicted molar refractivity (Wildman–Crippen MR) is 49.5 cm³/mol. The standard InChI is InChI=1S/C10H17NO2/c12-10(13)9-6-5-7-3-1-2-4-8(7)11-9/h7-9,11H,1-6H2,(H,12,13)/t7-,8-,9+/m1/s1. The quantitative estimate of drug-likeness (QED) is 0.645. The van der Waals surface area contributed by atoms with Crippen molar-refractivity contribution in [3.05, 3.63) is 0 Å². The lowest BCUT2D eigenvalue weighted by atomic mass is 9.78. The Hall–Kier alpha value is -0.570. The van der Waals surface area contributed by atoms with Crippen molar-refractivity contribution in [2.24, 2.45) is 5.92 Å². The van der Waals surface area contributed by atoms with Gasteiger partial charge in [-0.1, -0.05) is 12.8 Å². The van der Waals surface area contributed by atoms with Gasteiger partial charge in [-0.25, -0.2) is 0 Å². The van der Waals surface area contributed by atoms with Gasteiger partial charge in [0.1, 0.15) is 6.04 Å². The molecule has 0 bridgehead atoms. The third kappa shape index (κ3) is 1.85. The molecule has 1 aliphatic carbocycles. The topological polar surface area (TPSA) is 49.3 Å². The molecule has 0 radical (unpaired) electrons. The Bertz CT molecular complexity index is 205. The van der Waals surface area contributed by atoms with Gasteiger partial charge in [0.25, 0.3) is 0 Å². The number of fused-ring (bicyclic) bond motifs is 1. The fraction of sp³-hybridized carbons (Fsp3) is 0.900. The summed E-state index contributed by atoms with van der Waals surface area (Å²) in [5.74, 6) is 0.0772. The van der Waals surface area contributed by atoms with Crippen LogP contribution in [0.5, 0.6) is 0 Å². The molecule has 0 unspecified atom stereocenters. The second-order valence-corrected chi connectivity index (χ2v) is 4.29. The van der Waals surface area contributed by atoms with Crippen LogP contribution in [0.15, 0.2) is 0 Å². The summed E-state index contributed by atoms with van der Waals surface area (Å²) >= 11 is 0. The summed E-state index contributed by atoms with van der Waals surface area (Å²) in [6.45, 7) is 0. The van der Waals surface area contributed by atoms with E-state index in [2.05, 4.69) is 5.32 Å². The van der Waals surface area contributed by atoms with Crippen molar-refractivity contribution in [3.63, 3.8) is 0 Å². The number of rotatable bonds is 1. The van der Waals surface area contributed by atoms with E-state index in [-0.39, 0.29) is 6.04 Å². The Kier molecular flexibility index (Phi) is 2.54. The summed E-state index contributed by atoms with van der Waals surface area (Å²) in [7, 11) is 0. The third-order valence-electron chi connectivity index (χ3n) is 3.45. The van der Waals surface area contributed by atoms with Crippen molar-refractivity contribution in [1.82, 2.24) is 5.32 Å². The highest BCUT2D eigenvalue weighted by molar-refractivity contribution is 5.73. The van der Waals surface area contributed by atoms with Gasteiger partial charge >= 0.3 is 5.97 Å². The molecule has 2 fully saturated rings. The number of aliphatic carboxylic acids is 1. The molecule has 2 rings (SSSR count). The molecule has 1 saturated heterocycles. The zero-order valence-corrected chi connectivity index (χ0v) is 7.83. The van der Waals surface area contributed by atoms with Crippen molar-refractivity contribution in [1.29, 1.82) is 0 Å². The smallest absolute Gasteiger partial charge is 0.320 e. The largest absolute Gasteiger partial charge is 0.480 e. The highest BCUT2D eigenvalue weighted by Gasteiger charge is 2.34. The molecular weight excluding hydrogens is 166 g/mol. The van der Waals surface area contributed by atoms with Crippen LogP contribution >= 0.6 is 0 Å². The average Bonchev–Trinajstić information content (AvgIpc) is 2.17. The molecule has 0 aromatic carbocycles. The predicted octanol–water partition coefficient (Wildman–Crippen LogP) is 1.38. The van der Waals surface area contributed by atoms with Gasteiger partial charge in [0.05, 0.1) is 0 Å². The molecule has 13 heavy (non-hydrogen) atoms. The van der Waals surface area contributed by atoms with E-state index in [0.717, 1.165) is 18.8 Å². The molecule has 3 heteroatoms. The number of nitrogens with one attached hydrogen (secondary N) is 1. The number of piperidine rings is 1. The molecule has 1 aliphatic heterocycles. The SMILES string of the molecule is O=C(O)[C@@H]1CC[C@H]2CCCC[C@H]2N1. The molecule has 0 aromatic rings. The summed E-state index contributed by atoms with van der Waals surface area (Å²) in [5.41, 5.74) is 0. The van der Waals surface area contributed by atoms with Crippen molar-refractivity contribution in [2.75, 3.05) is 0 Å². The molecule has 1 saturated carbocycles. The molecule has 74 valence electrons. The molecular formula is C10H17NO2. The Labute approximate surface area is 78.5 Å². The highest BCUT2D eigenvalue weighted by atomic mass is 16.4. The van der Waals surface area contributed by atoms with Crippen molar-refractivity contribution >= 4 is 5.97 Å². The minimum Gasteiger partial charge on any atom is -0.480 e. The van der Waals surface area contributed by atoms with Crippen LogP contribution in [0, 0.1) is 5.92 Å². The first-order valence-electron chi connectivity index (χ1n) is 5.26. The van der Waals surface area contributed by atoms with Crippen molar-refractivity contribution in [3.8, 4) is 0 Å². The monoisotopic (exact) mass is 183 g/mol. The van der Waals surface area contributed by atoms with Gasteiger partial charge in [0, 0.05) is 6.04 Å². The molecule has 0 aromatic heterocycles. The van der Waals surface area contributed by atoms with Crippen molar-refractivity contribution in [2.45, 2.75) is 50.6 Å². The minimum atomic E-state index is -0.677. The van der Waals surface area contributed by atoms with Gasteiger partial charge in [0.15, 0.2) is 0 Å². The van der Waals surface area contributed by atoms with Crippen LogP contribution < -0.4 is 5.32 Å². The van der Waals surface area contributed by atoms with Crippen LogP contribution in [0.4, 0.5) is 0 Å². The zero-order chi connectivity index (χ0) is 9.26. The highest BCUT2D eigenvalue weighted by Crippen LogP contribution is 2.32. The number of hydrogen-bond acceptors (Lipinski definition) is 2. The zero-order valence-electron chi connectivity index (χ0n) is 7.83. The first-order chi connectivity index (χ1) is 6.27. The van der Waals surface area contributed by atoms with E-state index in [1.165, 1.54) is 25.7 Å². The Morgan fingerprint density at radius 2 is 1.92 bits per heavy atom. The first kappa shape index (κ1) is 9.00. The molecule has 2 N–H and O–H groups in total. The first-order valence-corrected chi connectivity index (χ1v) is 5.26. The second kappa shape index (κ2) is 3.66. The van der Waals surface area contributed by atoms with Crippen LogP contribution in [0.1, 0.15) is 38.5 Å². The van der Waals surface area contributed by atoms with E-state index in [9.17, 15) is 4.79 Å². The summed E-state index contributed by atoms with van der Waals surface area (Å²) in [4.78, 5) is 10.8. The van der Waals surface area contributed by atoms with Gasteiger partial charge in [-0.3, -0.25) is 4.79 Å². The summed E-state index contributed by atoms with van der Waals surface area (Å²) in [6, 6.07) is 0.211. The molecule has 1 heterocycles. The van der Waals surface area contributed by atoms with Gasteiger partial charge in [-0.15, -0.1) is 0 Å². The molecule has 2 aliphatic rings. The van der Waals surface area contributed by atoms with E-state index in [0.29, 0.717) is 6.04 Å². The number of hydrogen-bond donors (Lipinski definition) is 2. The molecule has 0 amide bonds. The minimum absolute atomic E-state index is 0.278. The fourth-order valence-corrected chi connectivity index (χ4v) is 2.69. The number of carboxylic acids is 1. The van der Waals surface area contributed by atoms with Crippen LogP contribution in [0.25, 0.3) is 0 Å². The van der Waals surface area contributed by atoms with E-state index >= 15 is 0 Å². The van der Waals surface area contributed by atoms with E-state index in [4.69, 9.17) is 5.11 Å². The van der Waals surface area contributed by atoms with E-state index < -0.39 is 5.97 Å². The third-order valence-corrected chi connectivity index (χ3v) is 3.45. The van der Waals surface area contributed by atoms with Crippen LogP contribution in [-0.4, -0.2) is 23.2 Å². The lowest BCUT2D eigenvalue weighted by molar-refractivity contribution is -0.141. The van der Waals surface area contributed by atoms with Gasteiger partial charge in [-0.05, 0) is 31.6 Å². The normalized spacial score (nSPS) is 39.5. The van der Waals surface area contributed by atoms with E-state index in [1.807, 2.05) is 0 Å². The summed E-state index contributed by atoms with van der Waals surface area (Å²) in [6.07, 6.45) is 6.99. The Morgan fingerprint density at radius 1 is 1.15 bits per heavy atom. The van der Waals surface area contributed by atoms with Gasteiger partial charge in [0.2, 0.25) is 0 Å². The Balaban J connectivity index is 1.95. The maximum absolute atomic E-state index is 10.8.